The lowest BCUT2D eigenvalue weighted by Crippen LogP contribution is -2.40. The number of fused-ring (bicyclic) bond motifs is 1. The molecular formula is C14H20N4O2S. The van der Waals surface area contributed by atoms with Gasteiger partial charge in [-0.15, -0.1) is 0 Å². The molecule has 0 aliphatic carbocycles. The summed E-state index contributed by atoms with van der Waals surface area (Å²) in [6.45, 7) is 3.08. The molecule has 114 valence electrons. The minimum absolute atomic E-state index is 0.0554. The highest BCUT2D eigenvalue weighted by atomic mass is 32.1. The molecule has 0 spiro atoms. The first-order valence-electron chi connectivity index (χ1n) is 6.87. The van der Waals surface area contributed by atoms with E-state index in [4.69, 9.17) is 4.74 Å². The number of hydrogen-bond donors (Lipinski definition) is 1. The predicted molar refractivity (Wildman–Crippen MR) is 83.4 cm³/mol. The van der Waals surface area contributed by atoms with Crippen LogP contribution in [-0.2, 0) is 11.3 Å². The number of urea groups is 1. The van der Waals surface area contributed by atoms with Gasteiger partial charge in [0.15, 0.2) is 0 Å². The number of hydrogen-bond acceptors (Lipinski definition) is 5. The van der Waals surface area contributed by atoms with Crippen LogP contribution in [0.25, 0.3) is 11.0 Å². The quantitative estimate of drug-likeness (QED) is 0.889. The summed E-state index contributed by atoms with van der Waals surface area (Å²) in [6.07, 6.45) is 0.924. The monoisotopic (exact) mass is 308 g/mol. The van der Waals surface area contributed by atoms with Crippen molar-refractivity contribution >= 4 is 28.8 Å². The molecule has 1 N–H and O–H groups in total. The smallest absolute Gasteiger partial charge is 0.317 e. The third kappa shape index (κ3) is 4.12. The maximum absolute atomic E-state index is 12.0. The van der Waals surface area contributed by atoms with Gasteiger partial charge in [-0.3, -0.25) is 0 Å². The van der Waals surface area contributed by atoms with Crippen molar-refractivity contribution in [1.82, 2.24) is 19.0 Å². The van der Waals surface area contributed by atoms with Crippen molar-refractivity contribution in [2.24, 2.45) is 0 Å². The maximum atomic E-state index is 12.0. The lowest BCUT2D eigenvalue weighted by Gasteiger charge is -2.20. The molecule has 2 rings (SSSR count). The summed E-state index contributed by atoms with van der Waals surface area (Å²) >= 11 is 1.20. The Morgan fingerprint density at radius 3 is 2.90 bits per heavy atom. The van der Waals surface area contributed by atoms with Gasteiger partial charge in [0.25, 0.3) is 0 Å². The van der Waals surface area contributed by atoms with Crippen LogP contribution >= 0.6 is 11.7 Å². The van der Waals surface area contributed by atoms with Crippen molar-refractivity contribution in [3.8, 4) is 0 Å². The van der Waals surface area contributed by atoms with Gasteiger partial charge in [0, 0.05) is 27.2 Å². The van der Waals surface area contributed by atoms with Crippen molar-refractivity contribution in [3.63, 3.8) is 0 Å². The van der Waals surface area contributed by atoms with Crippen molar-refractivity contribution in [2.75, 3.05) is 20.7 Å². The molecular weight excluding hydrogens is 288 g/mol. The Balaban J connectivity index is 1.90. The van der Waals surface area contributed by atoms with E-state index in [-0.39, 0.29) is 12.1 Å². The second-order valence-electron chi connectivity index (χ2n) is 4.90. The number of nitrogens with one attached hydrogen (secondary N) is 1. The van der Waals surface area contributed by atoms with Gasteiger partial charge >= 0.3 is 6.03 Å². The molecule has 1 aromatic heterocycles. The van der Waals surface area contributed by atoms with Gasteiger partial charge in [-0.05, 0) is 24.1 Å². The first kappa shape index (κ1) is 15.7. The molecule has 2 amide bonds. The maximum Gasteiger partial charge on any atom is 0.317 e. The van der Waals surface area contributed by atoms with Crippen molar-refractivity contribution in [3.05, 3.63) is 23.8 Å². The number of benzene rings is 1. The average Bonchev–Trinajstić information content (AvgIpc) is 2.95. The van der Waals surface area contributed by atoms with Gasteiger partial charge in [0.1, 0.15) is 11.0 Å². The number of ether oxygens (including phenoxy) is 1. The fraction of sp³-hybridized carbons (Fsp3) is 0.500. The minimum Gasteiger partial charge on any atom is -0.380 e. The molecule has 1 aromatic carbocycles. The summed E-state index contributed by atoms with van der Waals surface area (Å²) in [7, 11) is 3.42. The number of carbonyl (C=O) groups is 1. The van der Waals surface area contributed by atoms with Gasteiger partial charge in [-0.1, -0.05) is 13.0 Å². The highest BCUT2D eigenvalue weighted by Gasteiger charge is 2.12. The van der Waals surface area contributed by atoms with Crippen LogP contribution in [0.15, 0.2) is 18.2 Å². The standard InChI is InChI=1S/C14H20N4O2S/c1-4-11(20-3)8-15-14(19)18(2)9-10-5-6-12-13(7-10)17-21-16-12/h5-7,11H,4,8-9H2,1-3H3,(H,15,19)/t11-/m0/s1. The molecule has 0 bridgehead atoms. The summed E-state index contributed by atoms with van der Waals surface area (Å²) in [5, 5.41) is 2.87. The Morgan fingerprint density at radius 1 is 1.43 bits per heavy atom. The van der Waals surface area contributed by atoms with Gasteiger partial charge in [-0.25, -0.2) is 4.79 Å². The predicted octanol–water partition coefficient (Wildman–Crippen LogP) is 2.26. The van der Waals surface area contributed by atoms with Crippen molar-refractivity contribution in [2.45, 2.75) is 26.0 Å². The highest BCUT2D eigenvalue weighted by molar-refractivity contribution is 7.00. The molecule has 0 fully saturated rings. The van der Waals surface area contributed by atoms with Crippen LogP contribution in [0.4, 0.5) is 4.79 Å². The molecule has 1 atom stereocenters. The summed E-state index contributed by atoms with van der Waals surface area (Å²) < 4.78 is 13.6. The summed E-state index contributed by atoms with van der Waals surface area (Å²) in [5.74, 6) is 0. The van der Waals surface area contributed by atoms with E-state index in [9.17, 15) is 4.79 Å². The number of rotatable bonds is 6. The largest absolute Gasteiger partial charge is 0.380 e. The fourth-order valence-corrected chi connectivity index (χ4v) is 2.52. The normalized spacial score (nSPS) is 12.3. The van der Waals surface area contributed by atoms with Crippen LogP contribution in [-0.4, -0.2) is 46.5 Å². The summed E-state index contributed by atoms with van der Waals surface area (Å²) in [6, 6.07) is 5.75. The zero-order valence-corrected chi connectivity index (χ0v) is 13.3. The molecule has 1 heterocycles. The van der Waals surface area contributed by atoms with Crippen LogP contribution in [0.5, 0.6) is 0 Å². The number of nitrogens with zero attached hydrogens (tertiary/aromatic N) is 3. The molecule has 7 heteroatoms. The van der Waals surface area contributed by atoms with Crippen LogP contribution < -0.4 is 5.32 Å². The SMILES string of the molecule is CC[C@@H](CNC(=O)N(C)Cc1ccc2nsnc2c1)OC. The Labute approximate surface area is 128 Å². The van der Waals surface area contributed by atoms with Gasteiger partial charge in [-0.2, -0.15) is 8.75 Å². The highest BCUT2D eigenvalue weighted by Crippen LogP contribution is 2.14. The second-order valence-corrected chi connectivity index (χ2v) is 5.42. The third-order valence-corrected chi connectivity index (χ3v) is 3.91. The Kier molecular flexibility index (Phi) is 5.46. The summed E-state index contributed by atoms with van der Waals surface area (Å²) in [4.78, 5) is 13.7. The first-order chi connectivity index (χ1) is 10.1. The van der Waals surface area contributed by atoms with Crippen molar-refractivity contribution in [1.29, 1.82) is 0 Å². The number of amides is 2. The van der Waals surface area contributed by atoms with Gasteiger partial charge in [0.05, 0.1) is 17.8 Å². The molecule has 0 saturated carbocycles. The number of carbonyl (C=O) groups excluding carboxylic acids is 1. The zero-order valence-electron chi connectivity index (χ0n) is 12.5. The van der Waals surface area contributed by atoms with Gasteiger partial charge < -0.3 is 15.0 Å². The minimum atomic E-state index is -0.109. The molecule has 2 aromatic rings. The van der Waals surface area contributed by atoms with E-state index in [0.29, 0.717) is 13.1 Å². The third-order valence-electron chi connectivity index (χ3n) is 3.35. The number of aromatic nitrogens is 2. The van der Waals surface area contributed by atoms with E-state index in [1.54, 1.807) is 19.1 Å². The van der Waals surface area contributed by atoms with E-state index >= 15 is 0 Å². The van der Waals surface area contributed by atoms with E-state index < -0.39 is 0 Å². The molecule has 0 aliphatic rings. The zero-order chi connectivity index (χ0) is 15.2. The molecule has 0 aliphatic heterocycles. The van der Waals surface area contributed by atoms with Gasteiger partial charge in [0.2, 0.25) is 0 Å². The summed E-state index contributed by atoms with van der Waals surface area (Å²) in [5.41, 5.74) is 2.80. The molecule has 0 radical (unpaired) electrons. The van der Waals surface area contributed by atoms with E-state index in [2.05, 4.69) is 14.1 Å². The average molecular weight is 308 g/mol. The molecule has 0 unspecified atom stereocenters. The lowest BCUT2D eigenvalue weighted by atomic mass is 10.2. The van der Waals surface area contributed by atoms with Crippen molar-refractivity contribution < 1.29 is 9.53 Å². The Bertz CT molecular complexity index is 597. The van der Waals surface area contributed by atoms with Crippen LogP contribution in [0.2, 0.25) is 0 Å². The molecule has 0 saturated heterocycles. The second kappa shape index (κ2) is 7.33. The van der Waals surface area contributed by atoms with Crippen LogP contribution in [0.1, 0.15) is 18.9 Å². The Hall–Kier alpha value is -1.73. The van der Waals surface area contributed by atoms with Crippen LogP contribution in [0.3, 0.4) is 0 Å². The first-order valence-corrected chi connectivity index (χ1v) is 7.60. The lowest BCUT2D eigenvalue weighted by molar-refractivity contribution is 0.0983. The number of methoxy groups -OCH3 is 1. The van der Waals surface area contributed by atoms with E-state index in [0.717, 1.165) is 23.0 Å². The van der Waals surface area contributed by atoms with E-state index in [1.165, 1.54) is 11.7 Å². The Morgan fingerprint density at radius 2 is 2.19 bits per heavy atom. The fourth-order valence-electron chi connectivity index (χ4n) is 2.00. The molecule has 21 heavy (non-hydrogen) atoms. The topological polar surface area (TPSA) is 67.4 Å². The van der Waals surface area contributed by atoms with Crippen LogP contribution in [0, 0.1) is 0 Å². The van der Waals surface area contributed by atoms with E-state index in [1.807, 2.05) is 25.1 Å². The molecule has 6 nitrogen and oxygen atoms in total.